The minimum Gasteiger partial charge on any atom is -0.399 e. The zero-order chi connectivity index (χ0) is 21.7. The lowest BCUT2D eigenvalue weighted by molar-refractivity contribution is 0.00578. The highest BCUT2D eigenvalue weighted by atomic mass is 19.1. The third-order valence-electron chi connectivity index (χ3n) is 5.85. The van der Waals surface area contributed by atoms with Gasteiger partial charge in [-0.05, 0) is 62.1 Å². The van der Waals surface area contributed by atoms with Crippen LogP contribution in [0.5, 0.6) is 0 Å². The molecule has 3 aromatic rings. The summed E-state index contributed by atoms with van der Waals surface area (Å²) >= 11 is 0. The zero-order valence-corrected chi connectivity index (χ0v) is 17.3. The Balaban J connectivity index is 1.64. The molecule has 7 heteroatoms. The Labute approximate surface area is 174 Å². The van der Waals surface area contributed by atoms with Gasteiger partial charge in [-0.15, -0.1) is 0 Å². The zero-order valence-electron chi connectivity index (χ0n) is 17.3. The Kier molecular flexibility index (Phi) is 4.91. The van der Waals surface area contributed by atoms with Crippen molar-refractivity contribution in [2.75, 3.05) is 5.32 Å². The smallest absolute Gasteiger partial charge is 0.399 e. The van der Waals surface area contributed by atoms with Crippen molar-refractivity contribution in [3.8, 4) is 0 Å². The van der Waals surface area contributed by atoms with Gasteiger partial charge in [0.25, 0.3) is 5.91 Å². The summed E-state index contributed by atoms with van der Waals surface area (Å²) in [5.41, 5.74) is 0.258. The number of benzene rings is 3. The Bertz CT molecular complexity index is 1130. The van der Waals surface area contributed by atoms with Crippen molar-refractivity contribution in [3.05, 3.63) is 71.8 Å². The Hall–Kier alpha value is -2.77. The summed E-state index contributed by atoms with van der Waals surface area (Å²) in [6, 6.07) is 13.9. The van der Waals surface area contributed by atoms with Crippen LogP contribution in [0.1, 0.15) is 38.1 Å². The normalized spacial score (nSPS) is 17.3. The van der Waals surface area contributed by atoms with Gasteiger partial charge < -0.3 is 14.6 Å². The standard InChI is InChI=1S/C23H22BF2NO3/c1-22(2)23(3,4)30-24(29-22)15-8-10-17-14(12-15)6-5-7-18(17)21(28)27-20-11-9-16(25)13-19(20)26/h5-13H,1-4H3,(H,27,28). The number of nitrogens with one attached hydrogen (secondary N) is 1. The van der Waals surface area contributed by atoms with Crippen molar-refractivity contribution < 1.29 is 22.9 Å². The van der Waals surface area contributed by atoms with E-state index in [1.165, 1.54) is 6.07 Å². The average molecular weight is 409 g/mol. The van der Waals surface area contributed by atoms with Gasteiger partial charge in [0.1, 0.15) is 11.6 Å². The van der Waals surface area contributed by atoms with Crippen LogP contribution >= 0.6 is 0 Å². The highest BCUT2D eigenvalue weighted by Crippen LogP contribution is 2.36. The molecule has 1 amide bonds. The second-order valence-corrected chi connectivity index (χ2v) is 8.45. The van der Waals surface area contributed by atoms with Crippen LogP contribution in [0.4, 0.5) is 14.5 Å². The fraction of sp³-hybridized carbons (Fsp3) is 0.261. The van der Waals surface area contributed by atoms with Crippen molar-refractivity contribution >= 4 is 34.9 Å². The van der Waals surface area contributed by atoms with Crippen molar-refractivity contribution in [2.45, 2.75) is 38.9 Å². The van der Waals surface area contributed by atoms with Crippen LogP contribution in [0.25, 0.3) is 10.8 Å². The molecule has 0 atom stereocenters. The number of amides is 1. The van der Waals surface area contributed by atoms with E-state index >= 15 is 0 Å². The van der Waals surface area contributed by atoms with E-state index in [4.69, 9.17) is 9.31 Å². The monoisotopic (exact) mass is 409 g/mol. The number of fused-ring (bicyclic) bond motifs is 1. The number of hydrogen-bond donors (Lipinski definition) is 1. The molecule has 0 unspecified atom stereocenters. The maximum Gasteiger partial charge on any atom is 0.494 e. The van der Waals surface area contributed by atoms with Gasteiger partial charge in [-0.25, -0.2) is 8.78 Å². The Morgan fingerprint density at radius 2 is 1.63 bits per heavy atom. The quantitative estimate of drug-likeness (QED) is 0.640. The molecule has 30 heavy (non-hydrogen) atoms. The molecule has 0 spiro atoms. The van der Waals surface area contributed by atoms with Gasteiger partial charge >= 0.3 is 7.12 Å². The molecule has 0 aliphatic carbocycles. The first kappa shape index (κ1) is 20.5. The first-order valence-electron chi connectivity index (χ1n) is 9.72. The highest BCUT2D eigenvalue weighted by Gasteiger charge is 2.51. The minimum absolute atomic E-state index is 0.0766. The number of halogens is 2. The van der Waals surface area contributed by atoms with E-state index in [1.807, 2.05) is 52.0 Å². The summed E-state index contributed by atoms with van der Waals surface area (Å²) in [6.45, 7) is 7.96. The topological polar surface area (TPSA) is 47.6 Å². The van der Waals surface area contributed by atoms with E-state index < -0.39 is 35.9 Å². The summed E-state index contributed by atoms with van der Waals surface area (Å²) in [7, 11) is -0.509. The Morgan fingerprint density at radius 1 is 0.933 bits per heavy atom. The van der Waals surface area contributed by atoms with E-state index in [2.05, 4.69) is 5.32 Å². The third kappa shape index (κ3) is 3.59. The molecular weight excluding hydrogens is 387 g/mol. The number of anilines is 1. The number of rotatable bonds is 3. The summed E-state index contributed by atoms with van der Waals surface area (Å²) < 4.78 is 39.2. The van der Waals surface area contributed by atoms with E-state index in [9.17, 15) is 13.6 Å². The number of hydrogen-bond acceptors (Lipinski definition) is 3. The molecule has 1 aliphatic rings. The molecule has 154 valence electrons. The number of carbonyl (C=O) groups is 1. The Morgan fingerprint density at radius 3 is 2.30 bits per heavy atom. The van der Waals surface area contributed by atoms with Gasteiger partial charge in [-0.1, -0.05) is 30.3 Å². The molecule has 0 bridgehead atoms. The van der Waals surface area contributed by atoms with Crippen LogP contribution in [0.15, 0.2) is 54.6 Å². The van der Waals surface area contributed by atoms with Crippen LogP contribution in [-0.2, 0) is 9.31 Å². The van der Waals surface area contributed by atoms with Gasteiger partial charge in [0.15, 0.2) is 0 Å². The summed E-state index contributed by atoms with van der Waals surface area (Å²) in [5.74, 6) is -2.01. The molecule has 4 nitrogen and oxygen atoms in total. The predicted octanol–water partition coefficient (Wildman–Crippen LogP) is 4.67. The molecule has 1 saturated heterocycles. The molecule has 3 aromatic carbocycles. The molecule has 1 heterocycles. The summed E-state index contributed by atoms with van der Waals surface area (Å²) in [4.78, 5) is 12.8. The van der Waals surface area contributed by atoms with Crippen LogP contribution in [0.2, 0.25) is 0 Å². The maximum atomic E-state index is 13.9. The van der Waals surface area contributed by atoms with Gasteiger partial charge in [-0.3, -0.25) is 4.79 Å². The van der Waals surface area contributed by atoms with E-state index in [0.717, 1.165) is 23.0 Å². The van der Waals surface area contributed by atoms with E-state index in [0.29, 0.717) is 10.9 Å². The summed E-state index contributed by atoms with van der Waals surface area (Å²) in [5, 5.41) is 4.04. The molecule has 1 fully saturated rings. The second-order valence-electron chi connectivity index (χ2n) is 8.45. The molecule has 0 radical (unpaired) electrons. The predicted molar refractivity (Wildman–Crippen MR) is 114 cm³/mol. The molecule has 1 N–H and O–H groups in total. The van der Waals surface area contributed by atoms with Crippen molar-refractivity contribution in [1.29, 1.82) is 0 Å². The fourth-order valence-corrected chi connectivity index (χ4v) is 3.41. The molecule has 0 saturated carbocycles. The van der Waals surface area contributed by atoms with Gasteiger partial charge in [0, 0.05) is 11.6 Å². The second kappa shape index (κ2) is 7.18. The molecule has 1 aliphatic heterocycles. The van der Waals surface area contributed by atoms with Crippen molar-refractivity contribution in [2.24, 2.45) is 0 Å². The average Bonchev–Trinajstić information content (AvgIpc) is 2.90. The highest BCUT2D eigenvalue weighted by molar-refractivity contribution is 6.62. The van der Waals surface area contributed by atoms with Crippen molar-refractivity contribution in [1.82, 2.24) is 0 Å². The molecule has 0 aromatic heterocycles. The van der Waals surface area contributed by atoms with Gasteiger partial charge in [-0.2, -0.15) is 0 Å². The van der Waals surface area contributed by atoms with Crippen LogP contribution < -0.4 is 10.8 Å². The first-order chi connectivity index (χ1) is 14.1. The maximum absolute atomic E-state index is 13.9. The SMILES string of the molecule is CC1(C)OB(c2ccc3c(C(=O)Nc4ccc(F)cc4F)cccc3c2)OC1(C)C. The lowest BCUT2D eigenvalue weighted by Crippen LogP contribution is -2.41. The lowest BCUT2D eigenvalue weighted by atomic mass is 9.78. The van der Waals surface area contributed by atoms with Crippen LogP contribution in [0, 0.1) is 11.6 Å². The van der Waals surface area contributed by atoms with Crippen LogP contribution in [-0.4, -0.2) is 24.2 Å². The summed E-state index contributed by atoms with van der Waals surface area (Å²) in [6.07, 6.45) is 0. The fourth-order valence-electron chi connectivity index (χ4n) is 3.41. The largest absolute Gasteiger partial charge is 0.494 e. The minimum atomic E-state index is -0.827. The van der Waals surface area contributed by atoms with Crippen molar-refractivity contribution in [3.63, 3.8) is 0 Å². The molecular formula is C23H22BF2NO3. The first-order valence-corrected chi connectivity index (χ1v) is 9.72. The number of carbonyl (C=O) groups excluding carboxylic acids is 1. The van der Waals surface area contributed by atoms with Gasteiger partial charge in [0.05, 0.1) is 16.9 Å². The van der Waals surface area contributed by atoms with Crippen LogP contribution in [0.3, 0.4) is 0 Å². The molecule has 4 rings (SSSR count). The van der Waals surface area contributed by atoms with E-state index in [-0.39, 0.29) is 5.69 Å². The third-order valence-corrected chi connectivity index (χ3v) is 5.85. The van der Waals surface area contributed by atoms with E-state index in [1.54, 1.807) is 12.1 Å². The lowest BCUT2D eigenvalue weighted by Gasteiger charge is -2.32. The van der Waals surface area contributed by atoms with Gasteiger partial charge in [0.2, 0.25) is 0 Å².